The Morgan fingerprint density at radius 1 is 1.18 bits per heavy atom. The van der Waals surface area contributed by atoms with Gasteiger partial charge >= 0.3 is 0 Å². The van der Waals surface area contributed by atoms with E-state index in [9.17, 15) is 9.90 Å². The van der Waals surface area contributed by atoms with Gasteiger partial charge in [-0.2, -0.15) is 4.98 Å². The van der Waals surface area contributed by atoms with Crippen LogP contribution in [0.5, 0.6) is 0 Å². The first-order valence-corrected chi connectivity index (χ1v) is 10.4. The van der Waals surface area contributed by atoms with Gasteiger partial charge < -0.3 is 25.9 Å². The minimum absolute atomic E-state index is 0.162. The number of nitrogens with zero attached hydrogens (tertiary/aromatic N) is 3. The lowest BCUT2D eigenvalue weighted by Gasteiger charge is -2.19. The second-order valence-corrected chi connectivity index (χ2v) is 7.61. The molecule has 9 nitrogen and oxygen atoms in total. The highest BCUT2D eigenvalue weighted by Crippen LogP contribution is 2.30. The first kappa shape index (κ1) is 22.3. The number of hydrogen-bond donors (Lipinski definition) is 4. The molecule has 2 aromatic heterocycles. The molecule has 168 valence electrons. The Hall–Kier alpha value is -3.95. The monoisotopic (exact) mass is 464 g/mol. The van der Waals surface area contributed by atoms with E-state index in [-0.39, 0.29) is 23.1 Å². The number of anilines is 3. The first-order valence-electron chi connectivity index (χ1n) is 10.0. The lowest BCUT2D eigenvalue weighted by Crippen LogP contribution is -2.17. The SMILES string of the molecule is Cc1cnc(-c2cnc(Nc3ccc(C(N)=O)c(Cl)c3)nc2N[C@H](CO)c2ccccc2)o1. The van der Waals surface area contributed by atoms with Crippen LogP contribution in [0.15, 0.2) is 65.3 Å². The number of aromatic nitrogens is 3. The van der Waals surface area contributed by atoms with Crippen LogP contribution in [0.1, 0.15) is 27.7 Å². The average molecular weight is 465 g/mol. The van der Waals surface area contributed by atoms with Gasteiger partial charge in [-0.05, 0) is 30.7 Å². The highest BCUT2D eigenvalue weighted by Gasteiger charge is 2.19. The smallest absolute Gasteiger partial charge is 0.250 e. The van der Waals surface area contributed by atoms with Crippen LogP contribution >= 0.6 is 11.6 Å². The van der Waals surface area contributed by atoms with Crippen molar-refractivity contribution in [2.24, 2.45) is 5.73 Å². The van der Waals surface area contributed by atoms with E-state index in [0.29, 0.717) is 28.7 Å². The molecule has 0 saturated carbocycles. The summed E-state index contributed by atoms with van der Waals surface area (Å²) >= 11 is 6.14. The lowest BCUT2D eigenvalue weighted by atomic mass is 10.1. The minimum Gasteiger partial charge on any atom is -0.441 e. The van der Waals surface area contributed by atoms with Crippen molar-refractivity contribution in [1.82, 2.24) is 15.0 Å². The van der Waals surface area contributed by atoms with Crippen LogP contribution in [0.4, 0.5) is 17.5 Å². The van der Waals surface area contributed by atoms with Crippen LogP contribution in [-0.2, 0) is 0 Å². The summed E-state index contributed by atoms with van der Waals surface area (Å²) in [7, 11) is 0. The Morgan fingerprint density at radius 2 is 1.97 bits per heavy atom. The number of aliphatic hydroxyl groups is 1. The third-order valence-corrected chi connectivity index (χ3v) is 5.14. The van der Waals surface area contributed by atoms with Crippen LogP contribution in [0.25, 0.3) is 11.5 Å². The van der Waals surface area contributed by atoms with E-state index in [1.807, 2.05) is 30.3 Å². The molecule has 0 unspecified atom stereocenters. The molecule has 33 heavy (non-hydrogen) atoms. The molecule has 0 bridgehead atoms. The number of oxazole rings is 1. The predicted octanol–water partition coefficient (Wildman–Crippen LogP) is 4.08. The fourth-order valence-electron chi connectivity index (χ4n) is 3.19. The molecule has 4 aromatic rings. The van der Waals surface area contributed by atoms with Gasteiger partial charge in [-0.25, -0.2) is 9.97 Å². The predicted molar refractivity (Wildman–Crippen MR) is 125 cm³/mol. The molecular weight excluding hydrogens is 444 g/mol. The topological polar surface area (TPSA) is 139 Å². The van der Waals surface area contributed by atoms with Gasteiger partial charge in [0, 0.05) is 11.9 Å². The Kier molecular flexibility index (Phi) is 6.53. The Balaban J connectivity index is 1.69. The van der Waals surface area contributed by atoms with Crippen LogP contribution in [0.2, 0.25) is 5.02 Å². The number of nitrogens with one attached hydrogen (secondary N) is 2. The van der Waals surface area contributed by atoms with E-state index in [0.717, 1.165) is 5.56 Å². The number of hydrogen-bond acceptors (Lipinski definition) is 8. The quantitative estimate of drug-likeness (QED) is 0.306. The van der Waals surface area contributed by atoms with Crippen molar-refractivity contribution in [3.63, 3.8) is 0 Å². The van der Waals surface area contributed by atoms with E-state index in [2.05, 4.69) is 25.6 Å². The zero-order valence-electron chi connectivity index (χ0n) is 17.6. The second-order valence-electron chi connectivity index (χ2n) is 7.21. The molecule has 1 atom stereocenters. The molecule has 0 spiro atoms. The molecule has 10 heteroatoms. The highest BCUT2D eigenvalue weighted by atomic mass is 35.5. The number of carbonyl (C=O) groups is 1. The summed E-state index contributed by atoms with van der Waals surface area (Å²) in [6, 6.07) is 13.8. The van der Waals surface area contributed by atoms with E-state index >= 15 is 0 Å². The number of aryl methyl sites for hydroxylation is 1. The van der Waals surface area contributed by atoms with Crippen molar-refractivity contribution >= 4 is 35.0 Å². The summed E-state index contributed by atoms with van der Waals surface area (Å²) in [6.07, 6.45) is 3.18. The largest absolute Gasteiger partial charge is 0.441 e. The van der Waals surface area contributed by atoms with Crippen molar-refractivity contribution in [1.29, 1.82) is 0 Å². The van der Waals surface area contributed by atoms with Gasteiger partial charge in [0.05, 0.1) is 35.0 Å². The maximum Gasteiger partial charge on any atom is 0.250 e. The molecule has 0 aliphatic heterocycles. The number of benzene rings is 2. The molecule has 0 saturated heterocycles. The molecule has 4 rings (SSSR count). The number of nitrogens with two attached hydrogens (primary N) is 1. The maximum atomic E-state index is 11.4. The molecule has 0 aliphatic carbocycles. The van der Waals surface area contributed by atoms with Gasteiger partial charge in [-0.15, -0.1) is 0 Å². The van der Waals surface area contributed by atoms with Crippen molar-refractivity contribution in [3.05, 3.63) is 82.8 Å². The highest BCUT2D eigenvalue weighted by molar-refractivity contribution is 6.34. The minimum atomic E-state index is -0.615. The van der Waals surface area contributed by atoms with E-state index in [4.69, 9.17) is 21.8 Å². The Morgan fingerprint density at radius 3 is 2.61 bits per heavy atom. The van der Waals surface area contributed by atoms with Gasteiger partial charge in [0.25, 0.3) is 0 Å². The zero-order chi connectivity index (χ0) is 23.4. The average Bonchev–Trinajstić information content (AvgIpc) is 3.24. The van der Waals surface area contributed by atoms with E-state index in [1.165, 1.54) is 6.07 Å². The van der Waals surface area contributed by atoms with Crippen LogP contribution in [0, 0.1) is 6.92 Å². The number of primary amides is 1. The molecule has 0 radical (unpaired) electrons. The fraction of sp³-hybridized carbons (Fsp3) is 0.130. The summed E-state index contributed by atoms with van der Waals surface area (Å²) in [4.78, 5) is 24.6. The van der Waals surface area contributed by atoms with Gasteiger partial charge in [-0.3, -0.25) is 4.79 Å². The van der Waals surface area contributed by atoms with Gasteiger partial charge in [0.2, 0.25) is 17.7 Å². The Labute approximate surface area is 194 Å². The normalized spacial score (nSPS) is 11.7. The standard InChI is InChI=1S/C23H21ClN6O3/c1-13-10-26-22(33-13)17-11-27-23(28-15-7-8-16(20(25)32)18(24)9-15)30-21(17)29-19(12-31)14-5-3-2-4-6-14/h2-11,19,31H,12H2,1H3,(H2,25,32)(H2,27,28,29,30)/t19-/m1/s1. The number of halogens is 1. The fourth-order valence-corrected chi connectivity index (χ4v) is 3.47. The number of aliphatic hydroxyl groups excluding tert-OH is 1. The summed E-state index contributed by atoms with van der Waals surface area (Å²) in [5.41, 5.74) is 7.51. The van der Waals surface area contributed by atoms with E-state index in [1.54, 1.807) is 31.5 Å². The summed E-state index contributed by atoms with van der Waals surface area (Å²) in [5, 5.41) is 16.5. The lowest BCUT2D eigenvalue weighted by molar-refractivity contribution is 0.100. The molecule has 2 heterocycles. The Bertz CT molecular complexity index is 1280. The van der Waals surface area contributed by atoms with Crippen LogP contribution in [-0.4, -0.2) is 32.6 Å². The summed E-state index contributed by atoms with van der Waals surface area (Å²) in [6.45, 7) is 1.63. The van der Waals surface area contributed by atoms with Crippen molar-refractivity contribution < 1.29 is 14.3 Å². The maximum absolute atomic E-state index is 11.4. The third-order valence-electron chi connectivity index (χ3n) is 4.83. The number of amides is 1. The van der Waals surface area contributed by atoms with E-state index < -0.39 is 11.9 Å². The molecular formula is C23H21ClN6O3. The first-order chi connectivity index (χ1) is 15.9. The van der Waals surface area contributed by atoms with Gasteiger partial charge in [-0.1, -0.05) is 41.9 Å². The van der Waals surface area contributed by atoms with Crippen molar-refractivity contribution in [3.8, 4) is 11.5 Å². The number of carbonyl (C=O) groups excluding carboxylic acids is 1. The van der Waals surface area contributed by atoms with Crippen LogP contribution < -0.4 is 16.4 Å². The van der Waals surface area contributed by atoms with Crippen molar-refractivity contribution in [2.45, 2.75) is 13.0 Å². The number of rotatable bonds is 8. The zero-order valence-corrected chi connectivity index (χ0v) is 18.4. The summed E-state index contributed by atoms with van der Waals surface area (Å²) in [5.74, 6) is 1.05. The van der Waals surface area contributed by atoms with Gasteiger partial charge in [0.1, 0.15) is 11.6 Å². The molecule has 5 N–H and O–H groups in total. The molecule has 2 aromatic carbocycles. The molecule has 0 aliphatic rings. The second kappa shape index (κ2) is 9.68. The van der Waals surface area contributed by atoms with Crippen molar-refractivity contribution in [2.75, 3.05) is 17.2 Å². The van der Waals surface area contributed by atoms with Crippen LogP contribution in [0.3, 0.4) is 0 Å². The molecule has 0 fully saturated rings. The molecule has 1 amide bonds. The summed E-state index contributed by atoms with van der Waals surface area (Å²) < 4.78 is 5.67. The van der Waals surface area contributed by atoms with Gasteiger partial charge in [0.15, 0.2) is 0 Å². The third kappa shape index (κ3) is 5.11.